The predicted octanol–water partition coefficient (Wildman–Crippen LogP) is 1.50. The zero-order valence-corrected chi connectivity index (χ0v) is 13.9. The molecule has 0 aromatic heterocycles. The number of amides is 2. The Morgan fingerprint density at radius 1 is 1.38 bits per heavy atom. The molecule has 0 saturated heterocycles. The van der Waals surface area contributed by atoms with Gasteiger partial charge in [-0.15, -0.1) is 0 Å². The van der Waals surface area contributed by atoms with Gasteiger partial charge < -0.3 is 21.1 Å². The monoisotopic (exact) mass is 357 g/mol. The summed E-state index contributed by atoms with van der Waals surface area (Å²) in [6, 6.07) is 4.63. The second kappa shape index (κ2) is 7.99. The topological polar surface area (TPSA) is 93.5 Å². The lowest BCUT2D eigenvalue weighted by atomic mass is 10.1. The third-order valence-corrected chi connectivity index (χ3v) is 3.37. The maximum atomic E-state index is 11.9. The second-order valence-corrected chi connectivity index (χ2v) is 5.80. The molecule has 1 atom stereocenters. The number of hydrogen-bond donors (Lipinski definition) is 3. The predicted molar refractivity (Wildman–Crippen MR) is 85.1 cm³/mol. The summed E-state index contributed by atoms with van der Waals surface area (Å²) < 4.78 is 5.96. The van der Waals surface area contributed by atoms with E-state index in [4.69, 9.17) is 10.5 Å². The summed E-state index contributed by atoms with van der Waals surface area (Å²) in [6.07, 6.45) is 0. The van der Waals surface area contributed by atoms with E-state index < -0.39 is 6.04 Å². The molecule has 2 amide bonds. The highest BCUT2D eigenvalue weighted by molar-refractivity contribution is 9.10. The first-order valence-electron chi connectivity index (χ1n) is 6.51. The van der Waals surface area contributed by atoms with Crippen LogP contribution < -0.4 is 21.1 Å². The van der Waals surface area contributed by atoms with E-state index in [-0.39, 0.29) is 24.3 Å². The van der Waals surface area contributed by atoms with Gasteiger partial charge >= 0.3 is 0 Å². The Bertz CT molecular complexity index is 520. The van der Waals surface area contributed by atoms with E-state index in [1.807, 2.05) is 13.8 Å². The molecule has 0 aliphatic carbocycles. The zero-order valence-electron chi connectivity index (χ0n) is 12.3. The van der Waals surface area contributed by atoms with Gasteiger partial charge in [0.05, 0.1) is 25.4 Å². The standard InChI is InChI=1S/C14H20BrN3O3/c1-8(2)13(16)14(20)17-7-12(19)18-10-6-9(15)4-5-11(10)21-3/h4-6,8,13H,7,16H2,1-3H3,(H,17,20)(H,18,19)/t13-/m0/s1. The fraction of sp³-hybridized carbons (Fsp3) is 0.429. The third kappa shape index (κ3) is 5.35. The number of carbonyl (C=O) groups is 2. The van der Waals surface area contributed by atoms with Crippen LogP contribution in [0.3, 0.4) is 0 Å². The number of carbonyl (C=O) groups excluding carboxylic acids is 2. The van der Waals surface area contributed by atoms with Crippen LogP contribution >= 0.6 is 15.9 Å². The minimum absolute atomic E-state index is 0.0123. The van der Waals surface area contributed by atoms with E-state index in [9.17, 15) is 9.59 Å². The van der Waals surface area contributed by atoms with E-state index >= 15 is 0 Å². The van der Waals surface area contributed by atoms with Crippen LogP contribution in [-0.2, 0) is 9.59 Å². The van der Waals surface area contributed by atoms with Gasteiger partial charge in [0.2, 0.25) is 11.8 Å². The van der Waals surface area contributed by atoms with Crippen LogP contribution in [-0.4, -0.2) is 31.5 Å². The molecule has 0 bridgehead atoms. The molecule has 1 aromatic carbocycles. The van der Waals surface area contributed by atoms with Crippen molar-refractivity contribution in [3.63, 3.8) is 0 Å². The van der Waals surface area contributed by atoms with Crippen LogP contribution in [0.2, 0.25) is 0 Å². The molecule has 1 aromatic rings. The first kappa shape index (κ1) is 17.5. The van der Waals surface area contributed by atoms with Crippen LogP contribution in [0.1, 0.15) is 13.8 Å². The summed E-state index contributed by atoms with van der Waals surface area (Å²) in [5.41, 5.74) is 6.22. The van der Waals surface area contributed by atoms with Crippen molar-refractivity contribution in [2.75, 3.05) is 19.0 Å². The summed E-state index contributed by atoms with van der Waals surface area (Å²) in [5, 5.41) is 5.18. The number of ether oxygens (including phenoxy) is 1. The van der Waals surface area contributed by atoms with Gasteiger partial charge in [-0.2, -0.15) is 0 Å². The summed E-state index contributed by atoms with van der Waals surface area (Å²) in [5.74, 6) is -0.146. The summed E-state index contributed by atoms with van der Waals surface area (Å²) in [4.78, 5) is 23.5. The average Bonchev–Trinajstić information content (AvgIpc) is 2.44. The lowest BCUT2D eigenvalue weighted by Crippen LogP contribution is -2.46. The van der Waals surface area contributed by atoms with Crippen LogP contribution in [0, 0.1) is 5.92 Å². The molecule has 116 valence electrons. The molecule has 0 unspecified atom stereocenters. The lowest BCUT2D eigenvalue weighted by Gasteiger charge is -2.15. The number of methoxy groups -OCH3 is 1. The Hall–Kier alpha value is -1.60. The first-order valence-corrected chi connectivity index (χ1v) is 7.31. The number of anilines is 1. The van der Waals surface area contributed by atoms with E-state index in [1.54, 1.807) is 18.2 Å². The minimum atomic E-state index is -0.627. The lowest BCUT2D eigenvalue weighted by molar-refractivity contribution is -0.125. The molecule has 7 heteroatoms. The summed E-state index contributed by atoms with van der Waals surface area (Å²) in [7, 11) is 1.52. The molecular weight excluding hydrogens is 338 g/mol. The SMILES string of the molecule is COc1ccc(Br)cc1NC(=O)CNC(=O)[C@@H](N)C(C)C. The number of hydrogen-bond acceptors (Lipinski definition) is 4. The molecule has 0 saturated carbocycles. The fourth-order valence-corrected chi connectivity index (χ4v) is 1.92. The van der Waals surface area contributed by atoms with Crippen molar-refractivity contribution in [2.24, 2.45) is 11.7 Å². The molecule has 21 heavy (non-hydrogen) atoms. The minimum Gasteiger partial charge on any atom is -0.495 e. The summed E-state index contributed by atoms with van der Waals surface area (Å²) in [6.45, 7) is 3.54. The van der Waals surface area contributed by atoms with E-state index in [0.717, 1.165) is 4.47 Å². The van der Waals surface area contributed by atoms with Crippen LogP contribution in [0.15, 0.2) is 22.7 Å². The van der Waals surface area contributed by atoms with E-state index in [2.05, 4.69) is 26.6 Å². The summed E-state index contributed by atoms with van der Waals surface area (Å²) >= 11 is 3.32. The molecular formula is C14H20BrN3O3. The maximum Gasteiger partial charge on any atom is 0.243 e. The van der Waals surface area contributed by atoms with Crippen molar-refractivity contribution in [1.82, 2.24) is 5.32 Å². The van der Waals surface area contributed by atoms with Crippen molar-refractivity contribution in [2.45, 2.75) is 19.9 Å². The van der Waals surface area contributed by atoms with Crippen LogP contribution in [0.5, 0.6) is 5.75 Å². The molecule has 4 N–H and O–H groups in total. The average molecular weight is 358 g/mol. The van der Waals surface area contributed by atoms with Gasteiger partial charge in [0.15, 0.2) is 0 Å². The van der Waals surface area contributed by atoms with Crippen LogP contribution in [0.25, 0.3) is 0 Å². The van der Waals surface area contributed by atoms with Crippen molar-refractivity contribution < 1.29 is 14.3 Å². The molecule has 1 rings (SSSR count). The highest BCUT2D eigenvalue weighted by Gasteiger charge is 2.18. The number of rotatable bonds is 6. The van der Waals surface area contributed by atoms with Crippen molar-refractivity contribution in [1.29, 1.82) is 0 Å². The number of benzene rings is 1. The Balaban J connectivity index is 2.58. The van der Waals surface area contributed by atoms with E-state index in [0.29, 0.717) is 11.4 Å². The number of halogens is 1. The normalized spacial score (nSPS) is 11.9. The number of nitrogens with one attached hydrogen (secondary N) is 2. The van der Waals surface area contributed by atoms with Gasteiger partial charge in [-0.1, -0.05) is 29.8 Å². The molecule has 0 radical (unpaired) electrons. The highest BCUT2D eigenvalue weighted by atomic mass is 79.9. The Morgan fingerprint density at radius 3 is 2.62 bits per heavy atom. The Morgan fingerprint density at radius 2 is 2.05 bits per heavy atom. The van der Waals surface area contributed by atoms with Gasteiger partial charge in [0, 0.05) is 4.47 Å². The molecule has 0 aliphatic heterocycles. The first-order chi connectivity index (χ1) is 9.85. The maximum absolute atomic E-state index is 11.9. The smallest absolute Gasteiger partial charge is 0.243 e. The Kier molecular flexibility index (Phi) is 6.64. The second-order valence-electron chi connectivity index (χ2n) is 4.88. The van der Waals surface area contributed by atoms with Gasteiger partial charge in [-0.25, -0.2) is 0 Å². The molecule has 0 aliphatic rings. The molecule has 0 heterocycles. The van der Waals surface area contributed by atoms with E-state index in [1.165, 1.54) is 7.11 Å². The molecule has 0 fully saturated rings. The van der Waals surface area contributed by atoms with Crippen LogP contribution in [0.4, 0.5) is 5.69 Å². The van der Waals surface area contributed by atoms with Crippen molar-refractivity contribution in [3.05, 3.63) is 22.7 Å². The van der Waals surface area contributed by atoms with Gasteiger partial charge in [-0.05, 0) is 24.1 Å². The van der Waals surface area contributed by atoms with Gasteiger partial charge in [0.1, 0.15) is 5.75 Å². The quantitative estimate of drug-likeness (QED) is 0.718. The largest absolute Gasteiger partial charge is 0.495 e. The highest BCUT2D eigenvalue weighted by Crippen LogP contribution is 2.27. The molecule has 6 nitrogen and oxygen atoms in total. The fourth-order valence-electron chi connectivity index (χ4n) is 1.56. The number of nitrogens with two attached hydrogens (primary N) is 1. The van der Waals surface area contributed by atoms with Gasteiger partial charge in [0.25, 0.3) is 0 Å². The van der Waals surface area contributed by atoms with Crippen molar-refractivity contribution >= 4 is 33.4 Å². The Labute approximate surface area is 132 Å². The van der Waals surface area contributed by atoms with Crippen molar-refractivity contribution in [3.8, 4) is 5.75 Å². The molecule has 0 spiro atoms. The van der Waals surface area contributed by atoms with Gasteiger partial charge in [-0.3, -0.25) is 9.59 Å². The third-order valence-electron chi connectivity index (χ3n) is 2.88. The zero-order chi connectivity index (χ0) is 16.0.